The minimum absolute atomic E-state index is 0.0118. The highest BCUT2D eigenvalue weighted by atomic mass is 16.2. The molecule has 0 saturated heterocycles. The lowest BCUT2D eigenvalue weighted by Crippen LogP contribution is -2.60. The predicted molar refractivity (Wildman–Crippen MR) is 286 cm³/mol. The van der Waals surface area contributed by atoms with Gasteiger partial charge < -0.3 is 43.4 Å². The summed E-state index contributed by atoms with van der Waals surface area (Å²) in [6.07, 6.45) is 13.0. The number of hydrogen-bond acceptors (Lipinski definition) is 11. The number of carbonyl (C=O) groups excluding carboxylic acids is 7. The number of aryl methyl sites for hydroxylation is 2. The van der Waals surface area contributed by atoms with Crippen molar-refractivity contribution in [3.05, 3.63) is 71.8 Å². The number of rotatable bonds is 33. The zero-order chi connectivity index (χ0) is 53.9. The summed E-state index contributed by atoms with van der Waals surface area (Å²) in [7, 11) is 1.39. The summed E-state index contributed by atoms with van der Waals surface area (Å²) in [6, 6.07) is 12.9. The highest BCUT2D eigenvalue weighted by molar-refractivity contribution is 6.03. The molecule has 0 bridgehead atoms. The number of carbonyl (C=O) groups is 6. The third-order valence-electron chi connectivity index (χ3n) is 13.8. The van der Waals surface area contributed by atoms with Crippen LogP contribution in [-0.4, -0.2) is 138 Å². The molecule has 0 unspecified atom stereocenters. The quantitative estimate of drug-likeness (QED) is 0.0288. The van der Waals surface area contributed by atoms with Crippen LogP contribution < -0.4 is 38.5 Å². The molecule has 7 atom stereocenters. The van der Waals surface area contributed by atoms with Crippen molar-refractivity contribution in [1.29, 1.82) is 5.41 Å². The van der Waals surface area contributed by atoms with Crippen LogP contribution in [0.15, 0.2) is 60.7 Å². The maximum Gasteiger partial charge on any atom is 0.252 e. The Morgan fingerprint density at radius 1 is 0.712 bits per heavy atom. The zero-order valence-electron chi connectivity index (χ0n) is 44.5. The van der Waals surface area contributed by atoms with Gasteiger partial charge in [0.15, 0.2) is 5.96 Å². The van der Waals surface area contributed by atoms with Gasteiger partial charge in [-0.1, -0.05) is 113 Å². The number of unbranched alkanes of at least 4 members (excludes halogenated alkanes) is 1. The molecule has 0 aliphatic heterocycles. The number of amides is 6. The van der Waals surface area contributed by atoms with Gasteiger partial charge in [-0.25, -0.2) is 0 Å². The largest absolute Gasteiger partial charge is 0.370 e. The van der Waals surface area contributed by atoms with Gasteiger partial charge in [0.2, 0.25) is 35.8 Å². The summed E-state index contributed by atoms with van der Waals surface area (Å²) in [6.45, 7) is 10.3. The average molecular weight is 1020 g/mol. The first-order valence-corrected chi connectivity index (χ1v) is 26.7. The van der Waals surface area contributed by atoms with Gasteiger partial charge in [-0.15, -0.1) is 0 Å². The van der Waals surface area contributed by atoms with Crippen LogP contribution in [0.3, 0.4) is 0 Å². The number of hydrogen-bond donors (Lipinski definition) is 8. The highest BCUT2D eigenvalue weighted by Gasteiger charge is 2.40. The summed E-state index contributed by atoms with van der Waals surface area (Å²) in [4.78, 5) is 101. The Bertz CT molecular complexity index is 1970. The molecule has 3 rings (SSSR count). The van der Waals surface area contributed by atoms with Crippen molar-refractivity contribution < 1.29 is 33.6 Å². The summed E-state index contributed by atoms with van der Waals surface area (Å²) in [5.74, 6) is -3.93. The van der Waals surface area contributed by atoms with E-state index in [1.165, 1.54) is 32.0 Å². The van der Waals surface area contributed by atoms with Gasteiger partial charge >= 0.3 is 0 Å². The second-order valence-corrected chi connectivity index (χ2v) is 20.3. The van der Waals surface area contributed by atoms with Crippen molar-refractivity contribution in [2.24, 2.45) is 29.0 Å². The van der Waals surface area contributed by atoms with Crippen LogP contribution in [-0.2, 0) is 46.4 Å². The summed E-state index contributed by atoms with van der Waals surface area (Å²) >= 11 is 0. The Kier molecular flexibility index (Phi) is 28.0. The molecule has 18 heteroatoms. The molecule has 0 heterocycles. The van der Waals surface area contributed by atoms with E-state index < -0.39 is 71.8 Å². The van der Waals surface area contributed by atoms with Crippen LogP contribution in [0.25, 0.3) is 0 Å². The topological polar surface area (TPSA) is 279 Å². The minimum atomic E-state index is -1.32. The zero-order valence-corrected chi connectivity index (χ0v) is 44.5. The number of benzene rings is 2. The summed E-state index contributed by atoms with van der Waals surface area (Å²) in [5.41, 5.74) is 20.2. The standard InChI is InChI=1S/C55H88N11O7/c1-38(2)35-47(54(73)64(6)41(5)52(71)66(45(37-67)29-18-32-60-55(58)59)53(72)46(57)36-44-25-14-9-15-26-44)63-50(69)40(4)61-49(68)39(3)62-51(70)48(30-16-17-31-56)65(33-19-27-42-21-10-7-11-22-42)34-20-28-43-23-12-8-13-24-43/h7-8,10-13,21-24,38-41,44-48H,9,14-20,25-36,56-57H2,1-6H3,(H,61,68)(H,62,70)(H,63,69)(H4,58,59,60)/t39-,40-,41-,45-,46-,47-,48-/m0/s1. The predicted octanol–water partition coefficient (Wildman–Crippen LogP) is 3.83. The number of likely N-dealkylation sites (N-methyl/N-ethyl adjacent to an activating group) is 1. The Morgan fingerprint density at radius 2 is 1.26 bits per heavy atom. The number of nitrogens with zero attached hydrogens (tertiary/aromatic N) is 3. The molecule has 1 aliphatic rings. The van der Waals surface area contributed by atoms with E-state index in [9.17, 15) is 33.6 Å². The lowest BCUT2D eigenvalue weighted by Gasteiger charge is -2.35. The van der Waals surface area contributed by atoms with E-state index in [2.05, 4.69) is 50.4 Å². The van der Waals surface area contributed by atoms with Gasteiger partial charge in [0.1, 0.15) is 30.2 Å². The first-order chi connectivity index (χ1) is 34.9. The third kappa shape index (κ3) is 21.7. The fourth-order valence-electron chi connectivity index (χ4n) is 9.46. The van der Waals surface area contributed by atoms with Gasteiger partial charge in [0.05, 0.1) is 12.1 Å². The molecule has 405 valence electrons. The Hall–Kier alpha value is -5.72. The molecular formula is C55H88N11O7. The van der Waals surface area contributed by atoms with E-state index in [4.69, 9.17) is 22.6 Å². The van der Waals surface area contributed by atoms with Crippen LogP contribution in [0.5, 0.6) is 0 Å². The Balaban J connectivity index is 1.74. The first-order valence-electron chi connectivity index (χ1n) is 26.7. The van der Waals surface area contributed by atoms with Crippen LogP contribution >= 0.6 is 0 Å². The van der Waals surface area contributed by atoms with Crippen molar-refractivity contribution in [2.75, 3.05) is 33.2 Å². The molecule has 11 N–H and O–H groups in total. The molecule has 0 aromatic heterocycles. The smallest absolute Gasteiger partial charge is 0.252 e. The van der Waals surface area contributed by atoms with Crippen molar-refractivity contribution in [1.82, 2.24) is 36.0 Å². The van der Waals surface area contributed by atoms with Crippen LogP contribution in [0.2, 0.25) is 0 Å². The molecule has 18 nitrogen and oxygen atoms in total. The summed E-state index contributed by atoms with van der Waals surface area (Å²) in [5, 5.41) is 18.5. The number of nitrogens with one attached hydrogen (secondary N) is 5. The van der Waals surface area contributed by atoms with Crippen molar-refractivity contribution in [3.8, 4) is 0 Å². The van der Waals surface area contributed by atoms with E-state index in [1.54, 1.807) is 6.92 Å². The Morgan fingerprint density at radius 3 is 1.78 bits per heavy atom. The van der Waals surface area contributed by atoms with Crippen molar-refractivity contribution >= 4 is 47.7 Å². The number of nitrogens with two attached hydrogens (primary N) is 3. The van der Waals surface area contributed by atoms with Crippen molar-refractivity contribution in [3.63, 3.8) is 0 Å². The molecule has 1 radical (unpaired) electrons. The normalized spacial score (nSPS) is 15.7. The molecule has 0 spiro atoms. The number of guanidine groups is 1. The maximum absolute atomic E-state index is 14.4. The molecule has 73 heavy (non-hydrogen) atoms. The van der Waals surface area contributed by atoms with Gasteiger partial charge in [0.25, 0.3) is 5.91 Å². The van der Waals surface area contributed by atoms with E-state index in [0.717, 1.165) is 80.4 Å². The number of imide groups is 1. The van der Waals surface area contributed by atoms with Crippen molar-refractivity contribution in [2.45, 2.75) is 180 Å². The first kappa shape index (κ1) is 61.6. The SMILES string of the molecule is CC(C)C[C@H](NC(=O)[C@H](C)NC(=O)[C@H](C)NC(=O)[C@H](CCCCN)N(CCCc1ccccc1)CCCc1ccccc1)C(=O)N(C)[C@@H](C)C(=O)N(C(=O)[C@@H](N)CC1CCCCC1)[C@H]([C]=O)CCCNC(=N)N. The van der Waals surface area contributed by atoms with Gasteiger partial charge in [-0.3, -0.25) is 48.8 Å². The molecule has 1 fully saturated rings. The molecule has 2 aromatic carbocycles. The second-order valence-electron chi connectivity index (χ2n) is 20.3. The van der Waals surface area contributed by atoms with E-state index in [0.29, 0.717) is 32.5 Å². The Labute approximate surface area is 434 Å². The highest BCUT2D eigenvalue weighted by Crippen LogP contribution is 2.28. The summed E-state index contributed by atoms with van der Waals surface area (Å²) < 4.78 is 0. The fourth-order valence-corrected chi connectivity index (χ4v) is 9.46. The molecule has 6 amide bonds. The lowest BCUT2D eigenvalue weighted by atomic mass is 9.84. The van der Waals surface area contributed by atoms with Crippen LogP contribution in [0.4, 0.5) is 0 Å². The molecule has 2 aromatic rings. The van der Waals surface area contributed by atoms with E-state index in [-0.39, 0.29) is 49.5 Å². The fraction of sp³-hybridized carbons (Fsp3) is 0.636. The van der Waals surface area contributed by atoms with Gasteiger partial charge in [-0.05, 0) is 128 Å². The van der Waals surface area contributed by atoms with Crippen LogP contribution in [0.1, 0.15) is 136 Å². The molecule has 1 saturated carbocycles. The van der Waals surface area contributed by atoms with E-state index >= 15 is 0 Å². The molecular weight excluding hydrogens is 927 g/mol. The average Bonchev–Trinajstić information content (AvgIpc) is 3.37. The van der Waals surface area contributed by atoms with Gasteiger partial charge in [0, 0.05) is 13.6 Å². The van der Waals surface area contributed by atoms with Crippen LogP contribution in [0, 0.1) is 17.2 Å². The maximum atomic E-state index is 14.4. The monoisotopic (exact) mass is 1010 g/mol. The lowest BCUT2D eigenvalue weighted by molar-refractivity contribution is -0.154. The minimum Gasteiger partial charge on any atom is -0.370 e. The van der Waals surface area contributed by atoms with Gasteiger partial charge in [-0.2, -0.15) is 0 Å². The third-order valence-corrected chi connectivity index (χ3v) is 13.8. The molecule has 1 aliphatic carbocycles. The second kappa shape index (κ2) is 33.2. The van der Waals surface area contributed by atoms with E-state index in [1.807, 2.05) is 56.5 Å².